The summed E-state index contributed by atoms with van der Waals surface area (Å²) in [6, 6.07) is 2.95. The zero-order chi connectivity index (χ0) is 24.7. The van der Waals surface area contributed by atoms with E-state index >= 15 is 0 Å². The monoisotopic (exact) mass is 522 g/mol. The zero-order valence-electron chi connectivity index (χ0n) is 16.9. The lowest BCUT2D eigenvalue weighted by Gasteiger charge is -2.16. The summed E-state index contributed by atoms with van der Waals surface area (Å²) in [6.45, 7) is 3.40. The highest BCUT2D eigenvalue weighted by Gasteiger charge is 2.35. The van der Waals surface area contributed by atoms with Crippen LogP contribution in [0.2, 0.25) is 10.0 Å². The number of carbonyl (C=O) groups is 1. The molecule has 0 bridgehead atoms. The number of benzene rings is 1. The first-order valence-corrected chi connectivity index (χ1v) is 11.3. The van der Waals surface area contributed by atoms with Crippen molar-refractivity contribution in [1.29, 1.82) is 0 Å². The summed E-state index contributed by atoms with van der Waals surface area (Å²) in [5.74, 6) is -1.09. The van der Waals surface area contributed by atoms with E-state index in [1.54, 1.807) is 13.8 Å². The summed E-state index contributed by atoms with van der Waals surface area (Å²) in [7, 11) is -4.56. The fraction of sp³-hybridized carbons (Fsp3) is 0.222. The summed E-state index contributed by atoms with van der Waals surface area (Å²) in [4.78, 5) is 15.1. The molecule has 3 N–H and O–H groups in total. The molecule has 3 rings (SSSR count). The van der Waals surface area contributed by atoms with Crippen molar-refractivity contribution in [2.24, 2.45) is 5.73 Å². The van der Waals surface area contributed by atoms with Crippen LogP contribution in [-0.2, 0) is 16.2 Å². The molecular formula is C18H15Cl2F3N6O3S. The van der Waals surface area contributed by atoms with Crippen molar-refractivity contribution in [3.63, 3.8) is 0 Å². The first-order valence-electron chi connectivity index (χ1n) is 9.02. The molecule has 0 radical (unpaired) electrons. The van der Waals surface area contributed by atoms with Crippen LogP contribution in [0.5, 0.6) is 0 Å². The molecule has 1 aromatic carbocycles. The van der Waals surface area contributed by atoms with E-state index in [0.717, 1.165) is 12.1 Å². The maximum absolute atomic E-state index is 13.2. The summed E-state index contributed by atoms with van der Waals surface area (Å²) in [5.41, 5.74) is 3.72. The molecule has 0 unspecified atom stereocenters. The summed E-state index contributed by atoms with van der Waals surface area (Å²) in [6.07, 6.45) is -3.67. The van der Waals surface area contributed by atoms with Gasteiger partial charge < -0.3 is 5.73 Å². The van der Waals surface area contributed by atoms with Gasteiger partial charge in [-0.3, -0.25) is 14.1 Å². The Balaban J connectivity index is 2.14. The van der Waals surface area contributed by atoms with Crippen molar-refractivity contribution >= 4 is 44.8 Å². The molecule has 15 heteroatoms. The largest absolute Gasteiger partial charge is 0.417 e. The predicted molar refractivity (Wildman–Crippen MR) is 114 cm³/mol. The topological polar surface area (TPSA) is 133 Å². The lowest BCUT2D eigenvalue weighted by atomic mass is 10.2. The van der Waals surface area contributed by atoms with Gasteiger partial charge in [-0.25, -0.2) is 13.4 Å². The summed E-state index contributed by atoms with van der Waals surface area (Å²) >= 11 is 11.5. The smallest absolute Gasteiger partial charge is 0.363 e. The van der Waals surface area contributed by atoms with Crippen LogP contribution in [0, 0.1) is 0 Å². The Kier molecular flexibility index (Phi) is 6.60. The molecule has 0 aliphatic rings. The van der Waals surface area contributed by atoms with Crippen molar-refractivity contribution in [1.82, 2.24) is 19.7 Å². The molecular weight excluding hydrogens is 508 g/mol. The lowest BCUT2D eigenvalue weighted by molar-refractivity contribution is -0.137. The second kappa shape index (κ2) is 8.80. The molecule has 0 aliphatic carbocycles. The van der Waals surface area contributed by atoms with Crippen molar-refractivity contribution in [3.05, 3.63) is 51.9 Å². The number of aromatic nitrogens is 4. The van der Waals surface area contributed by atoms with E-state index in [4.69, 9.17) is 28.9 Å². The molecule has 176 valence electrons. The molecule has 3 aromatic rings. The van der Waals surface area contributed by atoms with E-state index in [9.17, 15) is 26.4 Å². The Hall–Kier alpha value is -2.90. The van der Waals surface area contributed by atoms with Crippen LogP contribution < -0.4 is 10.5 Å². The molecule has 2 heterocycles. The van der Waals surface area contributed by atoms with E-state index in [2.05, 4.69) is 19.9 Å². The number of nitrogens with two attached hydrogens (primary N) is 1. The zero-order valence-corrected chi connectivity index (χ0v) is 19.2. The Morgan fingerprint density at radius 2 is 1.85 bits per heavy atom. The van der Waals surface area contributed by atoms with Crippen molar-refractivity contribution in [3.8, 4) is 11.5 Å². The van der Waals surface area contributed by atoms with Gasteiger partial charge in [0, 0.05) is 12.2 Å². The van der Waals surface area contributed by atoms with Gasteiger partial charge in [-0.1, -0.05) is 23.2 Å². The minimum atomic E-state index is -4.87. The molecule has 0 aliphatic heterocycles. The van der Waals surface area contributed by atoms with E-state index in [0.29, 0.717) is 6.07 Å². The van der Waals surface area contributed by atoms with Crippen LogP contribution >= 0.6 is 23.2 Å². The number of rotatable bonds is 6. The maximum Gasteiger partial charge on any atom is 0.417 e. The van der Waals surface area contributed by atoms with Crippen LogP contribution in [0.1, 0.15) is 36.1 Å². The molecule has 0 saturated heterocycles. The van der Waals surface area contributed by atoms with Crippen LogP contribution in [0.25, 0.3) is 11.5 Å². The number of carbonyl (C=O) groups excluding carboxylic acids is 1. The highest BCUT2D eigenvalue weighted by atomic mass is 35.5. The molecule has 1 amide bonds. The number of anilines is 1. The van der Waals surface area contributed by atoms with Gasteiger partial charge in [0.1, 0.15) is 5.69 Å². The van der Waals surface area contributed by atoms with Crippen LogP contribution in [0.15, 0.2) is 35.4 Å². The Morgan fingerprint density at radius 1 is 1.18 bits per heavy atom. The highest BCUT2D eigenvalue weighted by Crippen LogP contribution is 2.37. The number of nitrogens with one attached hydrogen (secondary N) is 1. The fourth-order valence-corrected chi connectivity index (χ4v) is 4.36. The van der Waals surface area contributed by atoms with E-state index in [1.807, 2.05) is 0 Å². The molecule has 33 heavy (non-hydrogen) atoms. The van der Waals surface area contributed by atoms with Crippen molar-refractivity contribution in [2.45, 2.75) is 31.0 Å². The van der Waals surface area contributed by atoms with Gasteiger partial charge in [0.2, 0.25) is 5.82 Å². The molecule has 0 saturated carbocycles. The summed E-state index contributed by atoms with van der Waals surface area (Å²) in [5, 5.41) is 6.98. The first-order chi connectivity index (χ1) is 15.2. The number of primary amides is 1. The van der Waals surface area contributed by atoms with Crippen LogP contribution in [0.3, 0.4) is 0 Å². The van der Waals surface area contributed by atoms with Gasteiger partial charge in [0.05, 0.1) is 26.2 Å². The number of nitrogens with zero attached hydrogens (tertiary/aromatic N) is 4. The third-order valence-corrected chi connectivity index (χ3v) is 6.20. The average molecular weight is 523 g/mol. The Bertz CT molecular complexity index is 1340. The number of alkyl halides is 3. The normalized spacial score (nSPS) is 12.2. The molecule has 0 fully saturated rings. The van der Waals surface area contributed by atoms with Gasteiger partial charge in [-0.05, 0) is 38.1 Å². The number of halogens is 5. The minimum absolute atomic E-state index is 0.0137. The van der Waals surface area contributed by atoms with Gasteiger partial charge in [0.15, 0.2) is 5.82 Å². The quantitative estimate of drug-likeness (QED) is 0.499. The molecule has 0 spiro atoms. The first kappa shape index (κ1) is 24.7. The number of hydrogen-bond acceptors (Lipinski definition) is 6. The van der Waals surface area contributed by atoms with Crippen molar-refractivity contribution in [2.75, 3.05) is 4.72 Å². The molecule has 9 nitrogen and oxygen atoms in total. The minimum Gasteiger partial charge on any atom is -0.363 e. The third-order valence-electron chi connectivity index (χ3n) is 4.30. The number of pyridine rings is 1. The fourth-order valence-electron chi connectivity index (χ4n) is 2.90. The number of hydrogen-bond donors (Lipinski definition) is 2. The van der Waals surface area contributed by atoms with Crippen LogP contribution in [-0.4, -0.2) is 34.1 Å². The number of sulfonamides is 1. The second-order valence-electron chi connectivity index (χ2n) is 6.97. The predicted octanol–water partition coefficient (Wildman–Crippen LogP) is 4.15. The SMILES string of the molecule is CC(C)n1c(C(N)=O)nnc1-c1ncc(Cl)cc1NS(=O)(=O)c1ccc(Cl)c(C(F)(F)F)c1. The summed E-state index contributed by atoms with van der Waals surface area (Å²) < 4.78 is 68.9. The number of amides is 1. The van der Waals surface area contributed by atoms with Gasteiger partial charge in [-0.2, -0.15) is 13.2 Å². The van der Waals surface area contributed by atoms with E-state index in [1.165, 1.54) is 16.8 Å². The lowest BCUT2D eigenvalue weighted by Crippen LogP contribution is -2.20. The molecule has 0 atom stereocenters. The second-order valence-corrected chi connectivity index (χ2v) is 9.50. The molecule has 2 aromatic heterocycles. The third kappa shape index (κ3) is 5.04. The van der Waals surface area contributed by atoms with E-state index < -0.39 is 37.6 Å². The Labute approximate surface area is 195 Å². The van der Waals surface area contributed by atoms with Gasteiger partial charge in [0.25, 0.3) is 15.9 Å². The van der Waals surface area contributed by atoms with Gasteiger partial charge >= 0.3 is 6.18 Å². The average Bonchev–Trinajstić information content (AvgIpc) is 3.12. The van der Waals surface area contributed by atoms with Crippen LogP contribution in [0.4, 0.5) is 18.9 Å². The highest BCUT2D eigenvalue weighted by molar-refractivity contribution is 7.92. The van der Waals surface area contributed by atoms with E-state index in [-0.39, 0.29) is 34.1 Å². The van der Waals surface area contributed by atoms with Gasteiger partial charge in [-0.15, -0.1) is 10.2 Å². The maximum atomic E-state index is 13.2. The standard InChI is InChI=1S/C18H15Cl2F3N6O3S/c1-8(2)29-16(26-27-17(29)15(24)30)14-13(5-9(19)7-25-14)28-33(31,32)10-3-4-12(20)11(6-10)18(21,22)23/h3-8,28H,1-2H3,(H2,24,30). The Morgan fingerprint density at radius 3 is 2.42 bits per heavy atom. The van der Waals surface area contributed by atoms with Crippen molar-refractivity contribution < 1.29 is 26.4 Å².